The molecule has 2 heterocycles. The normalized spacial score (nSPS) is 15.3. The highest BCUT2D eigenvalue weighted by Gasteiger charge is 2.17. The van der Waals surface area contributed by atoms with Gasteiger partial charge < -0.3 is 10.1 Å². The predicted octanol–water partition coefficient (Wildman–Crippen LogP) is 1.24. The summed E-state index contributed by atoms with van der Waals surface area (Å²) in [5.41, 5.74) is -0.141. The van der Waals surface area contributed by atoms with E-state index in [4.69, 9.17) is 4.74 Å². The Bertz CT molecular complexity index is 704. The van der Waals surface area contributed by atoms with Crippen molar-refractivity contribution in [1.82, 2.24) is 19.7 Å². The van der Waals surface area contributed by atoms with Gasteiger partial charge in [0.1, 0.15) is 18.3 Å². The molecule has 2 N–H and O–H groups in total. The predicted molar refractivity (Wildman–Crippen MR) is 83.4 cm³/mol. The fourth-order valence-corrected chi connectivity index (χ4v) is 2.60. The number of carbonyl (C=O) groups is 1. The monoisotopic (exact) mass is 317 g/mol. The Morgan fingerprint density at radius 3 is 2.91 bits per heavy atom. The summed E-state index contributed by atoms with van der Waals surface area (Å²) in [7, 11) is 0. The molecule has 1 fully saturated rings. The second kappa shape index (κ2) is 7.08. The van der Waals surface area contributed by atoms with Crippen LogP contribution in [0.4, 0.5) is 5.69 Å². The molecule has 2 aromatic heterocycles. The zero-order valence-electron chi connectivity index (χ0n) is 12.7. The maximum Gasteiger partial charge on any atom is 0.325 e. The van der Waals surface area contributed by atoms with E-state index in [0.29, 0.717) is 5.95 Å². The van der Waals surface area contributed by atoms with Crippen LogP contribution in [0.15, 0.2) is 29.5 Å². The van der Waals surface area contributed by atoms with E-state index in [1.54, 1.807) is 18.5 Å². The average molecular weight is 317 g/mol. The zero-order chi connectivity index (χ0) is 16.1. The van der Waals surface area contributed by atoms with Gasteiger partial charge >= 0.3 is 5.97 Å². The number of H-pyrrole nitrogens is 1. The number of nitrogens with one attached hydrogen (secondary N) is 2. The average Bonchev–Trinajstić information content (AvgIpc) is 3.09. The van der Waals surface area contributed by atoms with Gasteiger partial charge in [0.25, 0.3) is 5.56 Å². The molecule has 0 bridgehead atoms. The first-order chi connectivity index (χ1) is 11.2. The molecule has 0 saturated heterocycles. The van der Waals surface area contributed by atoms with Crippen molar-refractivity contribution in [1.29, 1.82) is 0 Å². The lowest BCUT2D eigenvalue weighted by Crippen LogP contribution is -2.27. The van der Waals surface area contributed by atoms with Gasteiger partial charge in [-0.1, -0.05) is 6.42 Å². The summed E-state index contributed by atoms with van der Waals surface area (Å²) in [6.07, 6.45) is 9.91. The van der Waals surface area contributed by atoms with Crippen LogP contribution < -0.4 is 10.9 Å². The maximum atomic E-state index is 12.0. The lowest BCUT2D eigenvalue weighted by molar-refractivity contribution is -0.148. The first-order valence-electron chi connectivity index (χ1n) is 7.75. The molecule has 0 amide bonds. The molecule has 0 radical (unpaired) electrons. The molecule has 1 saturated carbocycles. The minimum absolute atomic E-state index is 0.0108. The van der Waals surface area contributed by atoms with E-state index < -0.39 is 0 Å². The van der Waals surface area contributed by atoms with Crippen LogP contribution in [-0.2, 0) is 9.53 Å². The summed E-state index contributed by atoms with van der Waals surface area (Å²) < 4.78 is 6.83. The van der Waals surface area contributed by atoms with Crippen LogP contribution in [0, 0.1) is 0 Å². The maximum absolute atomic E-state index is 12.0. The number of rotatable bonds is 5. The van der Waals surface area contributed by atoms with Crippen LogP contribution in [0.5, 0.6) is 0 Å². The summed E-state index contributed by atoms with van der Waals surface area (Å²) in [6.45, 7) is -0.0532. The van der Waals surface area contributed by atoms with Crippen LogP contribution in [-0.4, -0.2) is 38.4 Å². The zero-order valence-corrected chi connectivity index (χ0v) is 12.7. The molecule has 0 aliphatic heterocycles. The van der Waals surface area contributed by atoms with Gasteiger partial charge in [0.15, 0.2) is 0 Å². The van der Waals surface area contributed by atoms with Crippen LogP contribution >= 0.6 is 0 Å². The van der Waals surface area contributed by atoms with E-state index in [-0.39, 0.29) is 29.9 Å². The number of aromatic amines is 1. The van der Waals surface area contributed by atoms with Crippen molar-refractivity contribution < 1.29 is 9.53 Å². The minimum atomic E-state index is -0.365. The molecule has 0 unspecified atom stereocenters. The molecular formula is C15H19N5O3. The number of hydrogen-bond acceptors (Lipinski definition) is 6. The van der Waals surface area contributed by atoms with Crippen LogP contribution in [0.1, 0.15) is 32.1 Å². The molecule has 3 rings (SSSR count). The highest BCUT2D eigenvalue weighted by atomic mass is 16.5. The van der Waals surface area contributed by atoms with Crippen molar-refractivity contribution in [3.05, 3.63) is 35.0 Å². The molecular weight excluding hydrogens is 298 g/mol. The van der Waals surface area contributed by atoms with Crippen molar-refractivity contribution in [3.8, 4) is 5.95 Å². The van der Waals surface area contributed by atoms with Gasteiger partial charge in [0.05, 0.1) is 6.20 Å². The molecule has 0 aromatic carbocycles. The minimum Gasteiger partial charge on any atom is -0.461 e. The molecule has 8 nitrogen and oxygen atoms in total. The number of hydrogen-bond donors (Lipinski definition) is 2. The Balaban J connectivity index is 1.55. The molecule has 0 atom stereocenters. The van der Waals surface area contributed by atoms with E-state index in [0.717, 1.165) is 25.7 Å². The number of esters is 1. The van der Waals surface area contributed by atoms with Crippen LogP contribution in [0.2, 0.25) is 0 Å². The van der Waals surface area contributed by atoms with Gasteiger partial charge in [-0.3, -0.25) is 14.6 Å². The van der Waals surface area contributed by atoms with Crippen molar-refractivity contribution in [2.24, 2.45) is 0 Å². The second-order valence-electron chi connectivity index (χ2n) is 5.50. The standard InChI is InChI=1S/C15H19N5O3/c21-13(23-11-5-2-1-3-6-11)10-16-12-9-17-15(19-14(12)22)20-8-4-7-18-20/h4,7-9,11,16H,1-3,5-6,10H2,(H,17,19,22). The van der Waals surface area contributed by atoms with Gasteiger partial charge in [-0.2, -0.15) is 5.10 Å². The van der Waals surface area contributed by atoms with Crippen molar-refractivity contribution in [2.45, 2.75) is 38.2 Å². The highest BCUT2D eigenvalue weighted by molar-refractivity contribution is 5.75. The first kappa shape index (κ1) is 15.3. The topological polar surface area (TPSA) is 102 Å². The van der Waals surface area contributed by atoms with E-state index in [9.17, 15) is 9.59 Å². The Hall–Kier alpha value is -2.64. The van der Waals surface area contributed by atoms with Gasteiger partial charge in [-0.15, -0.1) is 0 Å². The number of anilines is 1. The van der Waals surface area contributed by atoms with Crippen molar-refractivity contribution in [3.63, 3.8) is 0 Å². The third kappa shape index (κ3) is 3.97. The highest BCUT2D eigenvalue weighted by Crippen LogP contribution is 2.20. The van der Waals surface area contributed by atoms with E-state index >= 15 is 0 Å². The quantitative estimate of drug-likeness (QED) is 0.805. The van der Waals surface area contributed by atoms with Crippen LogP contribution in [0.3, 0.4) is 0 Å². The van der Waals surface area contributed by atoms with E-state index in [1.807, 2.05) is 0 Å². The van der Waals surface area contributed by atoms with Crippen molar-refractivity contribution >= 4 is 11.7 Å². The summed E-state index contributed by atoms with van der Waals surface area (Å²) in [5.74, 6) is -0.0391. The molecule has 23 heavy (non-hydrogen) atoms. The second-order valence-corrected chi connectivity index (χ2v) is 5.50. The number of carbonyl (C=O) groups excluding carboxylic acids is 1. The van der Waals surface area contributed by atoms with E-state index in [1.165, 1.54) is 17.3 Å². The molecule has 1 aliphatic rings. The Kier molecular flexibility index (Phi) is 4.70. The molecule has 8 heteroatoms. The van der Waals surface area contributed by atoms with Gasteiger partial charge in [0.2, 0.25) is 5.95 Å². The van der Waals surface area contributed by atoms with Crippen LogP contribution in [0.25, 0.3) is 5.95 Å². The molecule has 1 aliphatic carbocycles. The van der Waals surface area contributed by atoms with Gasteiger partial charge in [0, 0.05) is 12.4 Å². The number of nitrogens with zero attached hydrogens (tertiary/aromatic N) is 3. The van der Waals surface area contributed by atoms with E-state index in [2.05, 4.69) is 20.4 Å². The molecule has 2 aromatic rings. The third-order valence-corrected chi connectivity index (χ3v) is 3.78. The number of aromatic nitrogens is 4. The Labute approximate surface area is 132 Å². The summed E-state index contributed by atoms with van der Waals surface area (Å²) >= 11 is 0. The van der Waals surface area contributed by atoms with Gasteiger partial charge in [-0.05, 0) is 31.7 Å². The Morgan fingerprint density at radius 1 is 1.39 bits per heavy atom. The lowest BCUT2D eigenvalue weighted by Gasteiger charge is -2.21. The molecule has 0 spiro atoms. The largest absolute Gasteiger partial charge is 0.461 e. The summed E-state index contributed by atoms with van der Waals surface area (Å²) in [6, 6.07) is 1.73. The molecule has 122 valence electrons. The number of ether oxygens (including phenoxy) is 1. The Morgan fingerprint density at radius 2 is 2.22 bits per heavy atom. The fourth-order valence-electron chi connectivity index (χ4n) is 2.60. The van der Waals surface area contributed by atoms with Crippen molar-refractivity contribution in [2.75, 3.05) is 11.9 Å². The summed E-state index contributed by atoms with van der Waals surface area (Å²) in [4.78, 5) is 30.5. The fraction of sp³-hybridized carbons (Fsp3) is 0.467. The third-order valence-electron chi connectivity index (χ3n) is 3.78. The smallest absolute Gasteiger partial charge is 0.325 e. The summed E-state index contributed by atoms with van der Waals surface area (Å²) in [5, 5.41) is 6.75. The lowest BCUT2D eigenvalue weighted by atomic mass is 9.98. The SMILES string of the molecule is O=C(CNc1cnc(-n2cccn2)[nH]c1=O)OC1CCCCC1. The first-order valence-corrected chi connectivity index (χ1v) is 7.75. The van der Waals surface area contributed by atoms with Gasteiger partial charge in [-0.25, -0.2) is 9.67 Å².